The summed E-state index contributed by atoms with van der Waals surface area (Å²) in [6.45, 7) is 1.74. The first-order chi connectivity index (χ1) is 9.61. The normalized spacial score (nSPS) is 10.2. The van der Waals surface area contributed by atoms with Gasteiger partial charge in [0.15, 0.2) is 0 Å². The predicted molar refractivity (Wildman–Crippen MR) is 70.6 cm³/mol. The number of rotatable bonds is 5. The van der Waals surface area contributed by atoms with E-state index < -0.39 is 5.97 Å². The molecule has 1 N–H and O–H groups in total. The Kier molecular flexibility index (Phi) is 4.09. The minimum absolute atomic E-state index is 0.321. The van der Waals surface area contributed by atoms with Gasteiger partial charge in [-0.15, -0.1) is 0 Å². The number of aliphatic carboxylic acids is 1. The highest BCUT2D eigenvalue weighted by molar-refractivity contribution is 5.95. The van der Waals surface area contributed by atoms with Gasteiger partial charge in [-0.05, 0) is 19.1 Å². The van der Waals surface area contributed by atoms with Crippen LogP contribution in [0.25, 0.3) is 5.82 Å². The van der Waals surface area contributed by atoms with Gasteiger partial charge in [0.2, 0.25) is 0 Å². The molecule has 0 aliphatic heterocycles. The third-order valence-corrected chi connectivity index (χ3v) is 2.76. The Morgan fingerprint density at radius 2 is 2.20 bits per heavy atom. The number of hydrogen-bond donors (Lipinski definition) is 1. The van der Waals surface area contributed by atoms with Crippen molar-refractivity contribution in [2.75, 3.05) is 13.1 Å². The standard InChI is InChI=1S/C13H14N4O3/c1-2-16(8-12(18)19)13(20)10-3-4-11(15-7-10)17-6-5-14-9-17/h3-7,9H,2,8H2,1H3,(H,18,19). The predicted octanol–water partition coefficient (Wildman–Crippen LogP) is 0.814. The van der Waals surface area contributed by atoms with Crippen molar-refractivity contribution >= 4 is 11.9 Å². The molecule has 2 aromatic rings. The molecule has 2 rings (SSSR count). The van der Waals surface area contributed by atoms with Crippen LogP contribution >= 0.6 is 0 Å². The van der Waals surface area contributed by atoms with E-state index in [9.17, 15) is 9.59 Å². The van der Waals surface area contributed by atoms with Crippen molar-refractivity contribution in [3.63, 3.8) is 0 Å². The van der Waals surface area contributed by atoms with Crippen molar-refractivity contribution in [2.45, 2.75) is 6.92 Å². The average molecular weight is 274 g/mol. The van der Waals surface area contributed by atoms with E-state index in [1.807, 2.05) is 0 Å². The second-order valence-corrected chi connectivity index (χ2v) is 4.09. The van der Waals surface area contributed by atoms with E-state index in [0.29, 0.717) is 17.9 Å². The van der Waals surface area contributed by atoms with E-state index in [-0.39, 0.29) is 12.5 Å². The molecule has 0 atom stereocenters. The van der Waals surface area contributed by atoms with E-state index in [1.54, 1.807) is 42.3 Å². The molecule has 0 saturated heterocycles. The maximum Gasteiger partial charge on any atom is 0.323 e. The van der Waals surface area contributed by atoms with Gasteiger partial charge in [0.05, 0.1) is 5.56 Å². The number of carboxylic acid groups (broad SMARTS) is 1. The summed E-state index contributed by atoms with van der Waals surface area (Å²) in [5, 5.41) is 8.76. The fourth-order valence-corrected chi connectivity index (χ4v) is 1.73. The van der Waals surface area contributed by atoms with Gasteiger partial charge >= 0.3 is 5.97 Å². The zero-order chi connectivity index (χ0) is 14.5. The minimum atomic E-state index is -1.04. The van der Waals surface area contributed by atoms with E-state index in [4.69, 9.17) is 5.11 Å². The van der Waals surface area contributed by atoms with Crippen LogP contribution < -0.4 is 0 Å². The van der Waals surface area contributed by atoms with Crippen LogP contribution in [0.4, 0.5) is 0 Å². The minimum Gasteiger partial charge on any atom is -0.480 e. The van der Waals surface area contributed by atoms with Crippen molar-refractivity contribution in [3.05, 3.63) is 42.6 Å². The van der Waals surface area contributed by atoms with Crippen molar-refractivity contribution in [3.8, 4) is 5.82 Å². The molecule has 104 valence electrons. The third-order valence-electron chi connectivity index (χ3n) is 2.76. The second kappa shape index (κ2) is 5.96. The molecular formula is C13H14N4O3. The molecule has 7 heteroatoms. The zero-order valence-electron chi connectivity index (χ0n) is 10.9. The SMILES string of the molecule is CCN(CC(=O)O)C(=O)c1ccc(-n2ccnc2)nc1. The van der Waals surface area contributed by atoms with Crippen LogP contribution in [0.15, 0.2) is 37.1 Å². The summed E-state index contributed by atoms with van der Waals surface area (Å²) in [6, 6.07) is 3.30. The van der Waals surface area contributed by atoms with Gasteiger partial charge in [-0.3, -0.25) is 14.2 Å². The molecule has 1 amide bonds. The first-order valence-corrected chi connectivity index (χ1v) is 6.07. The number of carbonyl (C=O) groups excluding carboxylic acids is 1. The fraction of sp³-hybridized carbons (Fsp3) is 0.231. The van der Waals surface area contributed by atoms with Gasteiger partial charge < -0.3 is 10.0 Å². The number of aromatic nitrogens is 3. The van der Waals surface area contributed by atoms with Crippen LogP contribution in [0.2, 0.25) is 0 Å². The third kappa shape index (κ3) is 3.00. The first kappa shape index (κ1) is 13.7. The lowest BCUT2D eigenvalue weighted by molar-refractivity contribution is -0.137. The van der Waals surface area contributed by atoms with Crippen LogP contribution in [-0.2, 0) is 4.79 Å². The van der Waals surface area contributed by atoms with E-state index in [2.05, 4.69) is 9.97 Å². The van der Waals surface area contributed by atoms with Crippen molar-refractivity contribution in [2.24, 2.45) is 0 Å². The van der Waals surface area contributed by atoms with E-state index in [1.165, 1.54) is 11.1 Å². The van der Waals surface area contributed by atoms with Crippen molar-refractivity contribution in [1.82, 2.24) is 19.4 Å². The number of likely N-dealkylation sites (N-methyl/N-ethyl adjacent to an activating group) is 1. The lowest BCUT2D eigenvalue weighted by Gasteiger charge is -2.18. The van der Waals surface area contributed by atoms with Crippen LogP contribution in [0, 0.1) is 0 Å². The second-order valence-electron chi connectivity index (χ2n) is 4.09. The van der Waals surface area contributed by atoms with Crippen LogP contribution in [0.3, 0.4) is 0 Å². The highest BCUT2D eigenvalue weighted by Crippen LogP contribution is 2.08. The summed E-state index contributed by atoms with van der Waals surface area (Å²) < 4.78 is 1.71. The summed E-state index contributed by atoms with van der Waals surface area (Å²) in [4.78, 5) is 32.1. The van der Waals surface area contributed by atoms with Gasteiger partial charge in [0.1, 0.15) is 18.7 Å². The largest absolute Gasteiger partial charge is 0.480 e. The Hall–Kier alpha value is -2.70. The van der Waals surface area contributed by atoms with Crippen LogP contribution in [0.1, 0.15) is 17.3 Å². The number of imidazole rings is 1. The van der Waals surface area contributed by atoms with Gasteiger partial charge in [-0.2, -0.15) is 0 Å². The number of amides is 1. The summed E-state index contributed by atoms with van der Waals surface area (Å²) in [5.74, 6) is -0.747. The molecule has 2 heterocycles. The molecule has 0 radical (unpaired) electrons. The quantitative estimate of drug-likeness (QED) is 0.871. The Morgan fingerprint density at radius 1 is 1.40 bits per heavy atom. The molecule has 0 spiro atoms. The molecular weight excluding hydrogens is 260 g/mol. The van der Waals surface area contributed by atoms with Gasteiger partial charge in [0.25, 0.3) is 5.91 Å². The lowest BCUT2D eigenvalue weighted by Crippen LogP contribution is -2.35. The van der Waals surface area contributed by atoms with E-state index >= 15 is 0 Å². The van der Waals surface area contributed by atoms with Gasteiger partial charge in [0, 0.05) is 25.1 Å². The molecule has 0 bridgehead atoms. The van der Waals surface area contributed by atoms with E-state index in [0.717, 1.165) is 0 Å². The lowest BCUT2D eigenvalue weighted by atomic mass is 10.2. The Bertz CT molecular complexity index is 593. The smallest absolute Gasteiger partial charge is 0.323 e. The van der Waals surface area contributed by atoms with Gasteiger partial charge in [-0.1, -0.05) is 0 Å². The molecule has 0 fully saturated rings. The molecule has 0 saturated carbocycles. The Balaban J connectivity index is 2.16. The molecule has 0 unspecified atom stereocenters. The molecule has 0 aliphatic carbocycles. The monoisotopic (exact) mass is 274 g/mol. The van der Waals surface area contributed by atoms with Crippen LogP contribution in [-0.4, -0.2) is 49.5 Å². The molecule has 0 aromatic carbocycles. The summed E-state index contributed by atoms with van der Waals surface area (Å²) >= 11 is 0. The average Bonchev–Trinajstić information content (AvgIpc) is 2.98. The highest BCUT2D eigenvalue weighted by Gasteiger charge is 2.17. The highest BCUT2D eigenvalue weighted by atomic mass is 16.4. The first-order valence-electron chi connectivity index (χ1n) is 6.07. The van der Waals surface area contributed by atoms with Crippen molar-refractivity contribution < 1.29 is 14.7 Å². The molecule has 2 aromatic heterocycles. The molecule has 7 nitrogen and oxygen atoms in total. The maximum absolute atomic E-state index is 12.1. The number of pyridine rings is 1. The van der Waals surface area contributed by atoms with Gasteiger partial charge in [-0.25, -0.2) is 9.97 Å². The number of nitrogens with zero attached hydrogens (tertiary/aromatic N) is 4. The fourth-order valence-electron chi connectivity index (χ4n) is 1.73. The van der Waals surface area contributed by atoms with Crippen molar-refractivity contribution in [1.29, 1.82) is 0 Å². The van der Waals surface area contributed by atoms with Crippen LogP contribution in [0.5, 0.6) is 0 Å². The number of carboxylic acids is 1. The Morgan fingerprint density at radius 3 is 2.70 bits per heavy atom. The summed E-state index contributed by atoms with van der Waals surface area (Å²) in [5.41, 5.74) is 0.358. The number of hydrogen-bond acceptors (Lipinski definition) is 4. The maximum atomic E-state index is 12.1. The number of carbonyl (C=O) groups is 2. The topological polar surface area (TPSA) is 88.3 Å². The summed E-state index contributed by atoms with van der Waals surface area (Å²) in [7, 11) is 0. The molecule has 20 heavy (non-hydrogen) atoms. The molecule has 0 aliphatic rings. The zero-order valence-corrected chi connectivity index (χ0v) is 10.9. The Labute approximate surface area is 115 Å². The summed E-state index contributed by atoms with van der Waals surface area (Å²) in [6.07, 6.45) is 6.41.